The summed E-state index contributed by atoms with van der Waals surface area (Å²) in [5.41, 5.74) is 3.01. The molecule has 5 nitrogen and oxygen atoms in total. The number of nitrogens with zero attached hydrogens (tertiary/aromatic N) is 1. The molecule has 0 fully saturated rings. The zero-order chi connectivity index (χ0) is 14.5. The number of carbonyl (C=O) groups excluding carboxylic acids is 1. The van der Waals surface area contributed by atoms with E-state index in [0.29, 0.717) is 18.8 Å². The molecule has 1 amide bonds. The van der Waals surface area contributed by atoms with Crippen molar-refractivity contribution >= 4 is 5.91 Å². The summed E-state index contributed by atoms with van der Waals surface area (Å²) in [6, 6.07) is 9.64. The summed E-state index contributed by atoms with van der Waals surface area (Å²) in [7, 11) is 1.91. The van der Waals surface area contributed by atoms with Crippen molar-refractivity contribution in [1.82, 2.24) is 10.3 Å². The fraction of sp³-hybridized carbons (Fsp3) is 0.214. The number of hydrogen-bond acceptors (Lipinski definition) is 4. The first kappa shape index (κ1) is 14.2. The summed E-state index contributed by atoms with van der Waals surface area (Å²) in [6.45, 7) is 1.19. The molecular formula is C14H16FN3O2. The zero-order valence-corrected chi connectivity index (χ0v) is 11.1. The predicted molar refractivity (Wildman–Crippen MR) is 71.9 cm³/mol. The number of benzene rings is 1. The molecular weight excluding hydrogens is 261 g/mol. The van der Waals surface area contributed by atoms with Gasteiger partial charge in [0.1, 0.15) is 11.6 Å². The van der Waals surface area contributed by atoms with E-state index in [-0.39, 0.29) is 11.6 Å². The van der Waals surface area contributed by atoms with E-state index in [0.717, 1.165) is 5.56 Å². The first-order valence-electron chi connectivity index (χ1n) is 6.11. The molecule has 0 saturated carbocycles. The first-order chi connectivity index (χ1) is 9.58. The molecule has 0 saturated heterocycles. The summed E-state index contributed by atoms with van der Waals surface area (Å²) >= 11 is 0. The van der Waals surface area contributed by atoms with Gasteiger partial charge < -0.3 is 4.42 Å². The van der Waals surface area contributed by atoms with Gasteiger partial charge in [0.15, 0.2) is 5.76 Å². The van der Waals surface area contributed by atoms with Crippen molar-refractivity contribution in [3.05, 3.63) is 59.3 Å². The van der Waals surface area contributed by atoms with Gasteiger partial charge in [-0.3, -0.25) is 15.1 Å². The Bertz CT molecular complexity index is 580. The normalized spacial score (nSPS) is 10.8. The Kier molecular flexibility index (Phi) is 4.49. The average Bonchev–Trinajstić information content (AvgIpc) is 2.89. The largest absolute Gasteiger partial charge is 0.455 e. The molecule has 1 aromatic carbocycles. The van der Waals surface area contributed by atoms with Crippen LogP contribution in [0.5, 0.6) is 0 Å². The van der Waals surface area contributed by atoms with Gasteiger partial charge in [-0.2, -0.15) is 0 Å². The summed E-state index contributed by atoms with van der Waals surface area (Å²) in [6.07, 6.45) is 0. The van der Waals surface area contributed by atoms with E-state index in [1.165, 1.54) is 12.1 Å². The van der Waals surface area contributed by atoms with Gasteiger partial charge in [0.25, 0.3) is 0 Å². The van der Waals surface area contributed by atoms with Gasteiger partial charge in [-0.25, -0.2) is 10.2 Å². The van der Waals surface area contributed by atoms with Gasteiger partial charge in [0.2, 0.25) is 0 Å². The first-order valence-corrected chi connectivity index (χ1v) is 6.11. The van der Waals surface area contributed by atoms with Crippen LogP contribution >= 0.6 is 0 Å². The van der Waals surface area contributed by atoms with E-state index in [1.807, 2.05) is 17.4 Å². The highest BCUT2D eigenvalue weighted by Crippen LogP contribution is 2.12. The van der Waals surface area contributed by atoms with Crippen molar-refractivity contribution in [2.24, 2.45) is 5.84 Å². The van der Waals surface area contributed by atoms with Gasteiger partial charge in [-0.05, 0) is 36.9 Å². The lowest BCUT2D eigenvalue weighted by Gasteiger charge is -2.15. The smallest absolute Gasteiger partial charge is 0.300 e. The van der Waals surface area contributed by atoms with Crippen molar-refractivity contribution in [1.29, 1.82) is 0 Å². The lowest BCUT2D eigenvalue weighted by Crippen LogP contribution is -2.29. The summed E-state index contributed by atoms with van der Waals surface area (Å²) < 4.78 is 18.2. The van der Waals surface area contributed by atoms with Crippen LogP contribution in [0.25, 0.3) is 0 Å². The van der Waals surface area contributed by atoms with E-state index in [1.54, 1.807) is 24.3 Å². The number of nitrogens with one attached hydrogen (secondary N) is 1. The maximum Gasteiger partial charge on any atom is 0.300 e. The van der Waals surface area contributed by atoms with Crippen molar-refractivity contribution in [3.8, 4) is 0 Å². The van der Waals surface area contributed by atoms with Gasteiger partial charge >= 0.3 is 5.91 Å². The van der Waals surface area contributed by atoms with Gasteiger partial charge in [-0.15, -0.1) is 0 Å². The van der Waals surface area contributed by atoms with E-state index in [4.69, 9.17) is 10.3 Å². The van der Waals surface area contributed by atoms with Crippen LogP contribution in [0.15, 0.2) is 40.8 Å². The zero-order valence-electron chi connectivity index (χ0n) is 11.1. The highest BCUT2D eigenvalue weighted by atomic mass is 19.1. The minimum Gasteiger partial charge on any atom is -0.455 e. The third kappa shape index (κ3) is 3.66. The standard InChI is InChI=1S/C14H16FN3O2/c1-18(8-10-2-4-11(15)5-3-10)9-12-6-7-13(20-12)14(19)17-16/h2-7H,8-9,16H2,1H3,(H,17,19). The maximum atomic E-state index is 12.8. The number of carbonyl (C=O) groups is 1. The average molecular weight is 277 g/mol. The number of furan rings is 1. The molecule has 106 valence electrons. The Morgan fingerprint density at radius 1 is 1.25 bits per heavy atom. The summed E-state index contributed by atoms with van der Waals surface area (Å²) in [4.78, 5) is 13.3. The third-order valence-corrected chi connectivity index (χ3v) is 2.81. The molecule has 0 aliphatic carbocycles. The lowest BCUT2D eigenvalue weighted by atomic mass is 10.2. The van der Waals surface area contributed by atoms with E-state index >= 15 is 0 Å². The van der Waals surface area contributed by atoms with Crippen LogP contribution < -0.4 is 11.3 Å². The monoisotopic (exact) mass is 277 g/mol. The van der Waals surface area contributed by atoms with Crippen molar-refractivity contribution < 1.29 is 13.6 Å². The fourth-order valence-corrected chi connectivity index (χ4v) is 1.88. The quantitative estimate of drug-likeness (QED) is 0.495. The molecule has 1 heterocycles. The highest BCUT2D eigenvalue weighted by molar-refractivity contribution is 5.90. The maximum absolute atomic E-state index is 12.8. The van der Waals surface area contributed by atoms with Crippen LogP contribution in [0.4, 0.5) is 4.39 Å². The number of amides is 1. The minimum atomic E-state index is -0.461. The molecule has 0 unspecified atom stereocenters. The number of rotatable bonds is 5. The number of nitrogens with two attached hydrogens (primary N) is 1. The predicted octanol–water partition coefficient (Wildman–Crippen LogP) is 1.65. The van der Waals surface area contributed by atoms with Crippen LogP contribution in [-0.4, -0.2) is 17.9 Å². The Balaban J connectivity index is 1.94. The second kappa shape index (κ2) is 6.31. The van der Waals surface area contributed by atoms with Crippen LogP contribution in [-0.2, 0) is 13.1 Å². The Morgan fingerprint density at radius 2 is 1.95 bits per heavy atom. The molecule has 1 aromatic heterocycles. The van der Waals surface area contributed by atoms with Crippen molar-refractivity contribution in [2.75, 3.05) is 7.05 Å². The Hall–Kier alpha value is -2.18. The topological polar surface area (TPSA) is 71.5 Å². The lowest BCUT2D eigenvalue weighted by molar-refractivity contribution is 0.0922. The molecule has 0 radical (unpaired) electrons. The van der Waals surface area contributed by atoms with E-state index in [9.17, 15) is 9.18 Å². The Morgan fingerprint density at radius 3 is 2.60 bits per heavy atom. The van der Waals surface area contributed by atoms with Gasteiger partial charge in [-0.1, -0.05) is 12.1 Å². The summed E-state index contributed by atoms with van der Waals surface area (Å²) in [5.74, 6) is 5.16. The molecule has 0 bridgehead atoms. The second-order valence-electron chi connectivity index (χ2n) is 4.54. The molecule has 0 aliphatic rings. The Labute approximate surface area is 116 Å². The third-order valence-electron chi connectivity index (χ3n) is 2.81. The molecule has 3 N–H and O–H groups in total. The van der Waals surface area contributed by atoms with E-state index < -0.39 is 5.91 Å². The molecule has 2 rings (SSSR count). The summed E-state index contributed by atoms with van der Waals surface area (Å²) in [5, 5.41) is 0. The van der Waals surface area contributed by atoms with Crippen molar-refractivity contribution in [3.63, 3.8) is 0 Å². The van der Waals surface area contributed by atoms with Gasteiger partial charge in [0, 0.05) is 6.54 Å². The van der Waals surface area contributed by atoms with Crippen LogP contribution in [0.3, 0.4) is 0 Å². The highest BCUT2D eigenvalue weighted by Gasteiger charge is 2.11. The van der Waals surface area contributed by atoms with Crippen molar-refractivity contribution in [2.45, 2.75) is 13.1 Å². The molecule has 20 heavy (non-hydrogen) atoms. The number of hydrogen-bond donors (Lipinski definition) is 2. The fourth-order valence-electron chi connectivity index (χ4n) is 1.88. The van der Waals surface area contributed by atoms with Crippen LogP contribution in [0.2, 0.25) is 0 Å². The van der Waals surface area contributed by atoms with Gasteiger partial charge in [0.05, 0.1) is 6.54 Å². The van der Waals surface area contributed by atoms with Crippen LogP contribution in [0, 0.1) is 5.82 Å². The SMILES string of the molecule is CN(Cc1ccc(F)cc1)Cc1ccc(C(=O)NN)o1. The number of halogens is 1. The van der Waals surface area contributed by atoms with E-state index in [2.05, 4.69) is 0 Å². The molecule has 0 spiro atoms. The minimum absolute atomic E-state index is 0.178. The second-order valence-corrected chi connectivity index (χ2v) is 4.54. The molecule has 6 heteroatoms. The molecule has 0 atom stereocenters. The van der Waals surface area contributed by atoms with Crippen LogP contribution in [0.1, 0.15) is 21.9 Å². The molecule has 2 aromatic rings. The number of hydrazine groups is 1. The molecule has 0 aliphatic heterocycles. The number of nitrogen functional groups attached to an aromatic ring is 1.